The van der Waals surface area contributed by atoms with Crippen molar-refractivity contribution in [3.8, 4) is 11.3 Å². The number of rotatable bonds is 4. The van der Waals surface area contributed by atoms with Gasteiger partial charge in [0.25, 0.3) is 0 Å². The molecular formula is C11H14N6O3. The van der Waals surface area contributed by atoms with Gasteiger partial charge in [-0.05, 0) is 0 Å². The average Bonchev–Trinajstić information content (AvgIpc) is 3.03. The summed E-state index contributed by atoms with van der Waals surface area (Å²) in [6.07, 6.45) is 3.26. The molecule has 9 heteroatoms. The van der Waals surface area contributed by atoms with E-state index in [1.807, 2.05) is 0 Å². The third-order valence-electron chi connectivity index (χ3n) is 2.66. The van der Waals surface area contributed by atoms with Crippen LogP contribution in [-0.2, 0) is 23.1 Å². The topological polar surface area (TPSA) is 104 Å². The van der Waals surface area contributed by atoms with Crippen LogP contribution in [0.5, 0.6) is 0 Å². The lowest BCUT2D eigenvalue weighted by molar-refractivity contribution is -0.121. The number of nitrogens with zero attached hydrogens (tertiary/aromatic N) is 5. The Balaban J connectivity index is 2.50. The zero-order valence-corrected chi connectivity index (χ0v) is 11.3. The standard InChI is InChI=1S/C11H14N6O3/c1-12-8(18)6-17-10(7-4-13-16(2)5-7)9(14-15-17)11(19)20-3/h4-5H,6H2,1-3H3,(H,12,18). The minimum atomic E-state index is -0.619. The summed E-state index contributed by atoms with van der Waals surface area (Å²) in [6.45, 7) is -0.0509. The average molecular weight is 278 g/mol. The molecule has 0 bridgehead atoms. The van der Waals surface area contributed by atoms with Crippen LogP contribution in [0.15, 0.2) is 12.4 Å². The molecule has 9 nitrogen and oxygen atoms in total. The fraction of sp³-hybridized carbons (Fsp3) is 0.364. The molecule has 0 saturated heterocycles. The molecule has 2 heterocycles. The summed E-state index contributed by atoms with van der Waals surface area (Å²) in [5.41, 5.74) is 1.07. The number of hydrogen-bond acceptors (Lipinski definition) is 6. The van der Waals surface area contributed by atoms with E-state index in [2.05, 4.69) is 25.5 Å². The van der Waals surface area contributed by atoms with E-state index in [-0.39, 0.29) is 18.1 Å². The van der Waals surface area contributed by atoms with Crippen molar-refractivity contribution < 1.29 is 14.3 Å². The molecule has 2 aromatic rings. The molecule has 0 unspecified atom stereocenters. The summed E-state index contributed by atoms with van der Waals surface area (Å²) in [5, 5.41) is 14.1. The van der Waals surface area contributed by atoms with Crippen LogP contribution < -0.4 is 5.32 Å². The quantitative estimate of drug-likeness (QED) is 0.735. The first-order chi connectivity index (χ1) is 9.56. The molecule has 2 rings (SSSR count). The maximum atomic E-state index is 11.7. The highest BCUT2D eigenvalue weighted by molar-refractivity contribution is 5.94. The van der Waals surface area contributed by atoms with Gasteiger partial charge in [-0.2, -0.15) is 5.10 Å². The number of carbonyl (C=O) groups excluding carboxylic acids is 2. The molecule has 0 aromatic carbocycles. The number of aromatic nitrogens is 5. The van der Waals surface area contributed by atoms with Crippen molar-refractivity contribution in [2.24, 2.45) is 7.05 Å². The van der Waals surface area contributed by atoms with Crippen LogP contribution in [0.3, 0.4) is 0 Å². The number of nitrogens with one attached hydrogen (secondary N) is 1. The van der Waals surface area contributed by atoms with E-state index < -0.39 is 5.97 Å². The summed E-state index contributed by atoms with van der Waals surface area (Å²) >= 11 is 0. The third kappa shape index (κ3) is 2.51. The number of esters is 1. The predicted molar refractivity (Wildman–Crippen MR) is 67.6 cm³/mol. The Kier molecular flexibility index (Phi) is 3.78. The van der Waals surface area contributed by atoms with Gasteiger partial charge in [0.15, 0.2) is 5.69 Å². The van der Waals surface area contributed by atoms with Crippen LogP contribution in [0.4, 0.5) is 0 Å². The van der Waals surface area contributed by atoms with Gasteiger partial charge in [-0.1, -0.05) is 5.21 Å². The second kappa shape index (κ2) is 5.51. The molecule has 0 atom stereocenters. The largest absolute Gasteiger partial charge is 0.464 e. The molecule has 1 N–H and O–H groups in total. The summed E-state index contributed by atoms with van der Waals surface area (Å²) in [5.74, 6) is -0.872. The van der Waals surface area contributed by atoms with Crippen LogP contribution >= 0.6 is 0 Å². The summed E-state index contributed by atoms with van der Waals surface area (Å²) in [7, 11) is 4.52. The first-order valence-corrected chi connectivity index (χ1v) is 5.78. The monoisotopic (exact) mass is 278 g/mol. The molecule has 0 spiro atoms. The SMILES string of the molecule is CNC(=O)Cn1nnc(C(=O)OC)c1-c1cnn(C)c1. The number of carbonyl (C=O) groups is 2. The molecule has 20 heavy (non-hydrogen) atoms. The van der Waals surface area contributed by atoms with Crippen molar-refractivity contribution in [3.63, 3.8) is 0 Å². The zero-order valence-electron chi connectivity index (χ0n) is 11.3. The van der Waals surface area contributed by atoms with Gasteiger partial charge >= 0.3 is 5.97 Å². The smallest absolute Gasteiger partial charge is 0.360 e. The highest BCUT2D eigenvalue weighted by atomic mass is 16.5. The molecular weight excluding hydrogens is 264 g/mol. The van der Waals surface area contributed by atoms with Gasteiger partial charge in [0.05, 0.1) is 13.3 Å². The number of hydrogen-bond donors (Lipinski definition) is 1. The maximum Gasteiger partial charge on any atom is 0.360 e. The van der Waals surface area contributed by atoms with Gasteiger partial charge < -0.3 is 10.1 Å². The molecule has 0 aliphatic heterocycles. The highest BCUT2D eigenvalue weighted by Gasteiger charge is 2.23. The maximum absolute atomic E-state index is 11.7. The summed E-state index contributed by atoms with van der Waals surface area (Å²) in [6, 6.07) is 0. The minimum absolute atomic E-state index is 0.0457. The summed E-state index contributed by atoms with van der Waals surface area (Å²) in [4.78, 5) is 23.2. The number of amides is 1. The number of methoxy groups -OCH3 is 1. The molecule has 0 aliphatic rings. The number of ether oxygens (including phenoxy) is 1. The van der Waals surface area contributed by atoms with Gasteiger partial charge in [-0.15, -0.1) is 5.10 Å². The van der Waals surface area contributed by atoms with E-state index in [4.69, 9.17) is 0 Å². The Morgan fingerprint density at radius 1 is 1.45 bits per heavy atom. The van der Waals surface area contributed by atoms with Crippen LogP contribution in [0, 0.1) is 0 Å². The lowest BCUT2D eigenvalue weighted by atomic mass is 10.2. The van der Waals surface area contributed by atoms with E-state index >= 15 is 0 Å². The fourth-order valence-corrected chi connectivity index (χ4v) is 1.70. The highest BCUT2D eigenvalue weighted by Crippen LogP contribution is 2.22. The predicted octanol–water partition coefficient (Wildman–Crippen LogP) is -0.789. The van der Waals surface area contributed by atoms with Crippen molar-refractivity contribution in [2.75, 3.05) is 14.2 Å². The van der Waals surface area contributed by atoms with Crippen LogP contribution in [-0.4, -0.2) is 50.8 Å². The van der Waals surface area contributed by atoms with Gasteiger partial charge in [-0.3, -0.25) is 9.48 Å². The number of likely N-dealkylation sites (N-methyl/N-ethyl adjacent to an activating group) is 1. The van der Waals surface area contributed by atoms with Crippen LogP contribution in [0.25, 0.3) is 11.3 Å². The Morgan fingerprint density at radius 2 is 2.20 bits per heavy atom. The van der Waals surface area contributed by atoms with Crippen molar-refractivity contribution in [2.45, 2.75) is 6.54 Å². The normalized spacial score (nSPS) is 10.3. The Labute approximate surface area is 114 Å². The van der Waals surface area contributed by atoms with E-state index in [9.17, 15) is 9.59 Å². The van der Waals surface area contributed by atoms with Gasteiger partial charge in [0, 0.05) is 25.9 Å². The Hall–Kier alpha value is -2.71. The van der Waals surface area contributed by atoms with Crippen LogP contribution in [0.2, 0.25) is 0 Å². The zero-order chi connectivity index (χ0) is 14.7. The molecule has 2 aromatic heterocycles. The van der Waals surface area contributed by atoms with E-state index in [0.717, 1.165) is 0 Å². The van der Waals surface area contributed by atoms with Crippen molar-refractivity contribution in [1.82, 2.24) is 30.1 Å². The molecule has 0 radical (unpaired) electrons. The second-order valence-electron chi connectivity index (χ2n) is 4.01. The molecule has 106 valence electrons. The lowest BCUT2D eigenvalue weighted by Gasteiger charge is -2.04. The van der Waals surface area contributed by atoms with Gasteiger partial charge in [-0.25, -0.2) is 9.48 Å². The first kappa shape index (κ1) is 13.7. The Bertz CT molecular complexity index is 644. The van der Waals surface area contributed by atoms with Gasteiger partial charge in [0.1, 0.15) is 12.2 Å². The molecule has 0 fully saturated rings. The number of aryl methyl sites for hydroxylation is 1. The van der Waals surface area contributed by atoms with Crippen molar-refractivity contribution in [1.29, 1.82) is 0 Å². The molecule has 0 aliphatic carbocycles. The second-order valence-corrected chi connectivity index (χ2v) is 4.01. The van der Waals surface area contributed by atoms with E-state index in [1.54, 1.807) is 24.1 Å². The van der Waals surface area contributed by atoms with E-state index in [1.165, 1.54) is 18.8 Å². The summed E-state index contributed by atoms with van der Waals surface area (Å²) < 4.78 is 7.58. The minimum Gasteiger partial charge on any atom is -0.464 e. The Morgan fingerprint density at radius 3 is 2.75 bits per heavy atom. The van der Waals surface area contributed by atoms with Crippen molar-refractivity contribution in [3.05, 3.63) is 18.1 Å². The third-order valence-corrected chi connectivity index (χ3v) is 2.66. The van der Waals surface area contributed by atoms with Crippen molar-refractivity contribution >= 4 is 11.9 Å². The van der Waals surface area contributed by atoms with E-state index in [0.29, 0.717) is 11.3 Å². The molecule has 1 amide bonds. The lowest BCUT2D eigenvalue weighted by Crippen LogP contribution is -2.24. The first-order valence-electron chi connectivity index (χ1n) is 5.78. The molecule has 0 saturated carbocycles. The van der Waals surface area contributed by atoms with Crippen LogP contribution in [0.1, 0.15) is 10.5 Å². The van der Waals surface area contributed by atoms with Gasteiger partial charge in [0.2, 0.25) is 5.91 Å². The fourth-order valence-electron chi connectivity index (χ4n) is 1.70.